The first-order valence-corrected chi connectivity index (χ1v) is 8.67. The van der Waals surface area contributed by atoms with Crippen molar-refractivity contribution in [3.05, 3.63) is 28.5 Å². The quantitative estimate of drug-likeness (QED) is 0.471. The third-order valence-corrected chi connectivity index (χ3v) is 3.33. The third kappa shape index (κ3) is 8.75. The van der Waals surface area contributed by atoms with Crippen LogP contribution in [0, 0.1) is 0 Å². The van der Waals surface area contributed by atoms with Crippen molar-refractivity contribution in [3.8, 4) is 0 Å². The van der Waals surface area contributed by atoms with Crippen LogP contribution in [0.2, 0.25) is 0 Å². The number of hydrogen-bond acceptors (Lipinski definition) is 5. The van der Waals surface area contributed by atoms with Crippen LogP contribution in [0.1, 0.15) is 44.1 Å². The highest BCUT2D eigenvalue weighted by Gasteiger charge is 2.20. The van der Waals surface area contributed by atoms with E-state index >= 15 is 0 Å². The van der Waals surface area contributed by atoms with E-state index in [0.717, 1.165) is 0 Å². The Morgan fingerprint density at radius 1 is 1.27 bits per heavy atom. The minimum Gasteiger partial charge on any atom is -0.444 e. The fourth-order valence-corrected chi connectivity index (χ4v) is 2.10. The summed E-state index contributed by atoms with van der Waals surface area (Å²) in [6.07, 6.45) is -0.807. The molecule has 1 aromatic rings. The van der Waals surface area contributed by atoms with E-state index in [4.69, 9.17) is 4.74 Å². The largest absolute Gasteiger partial charge is 0.444 e. The zero-order valence-corrected chi connectivity index (χ0v) is 16.4. The van der Waals surface area contributed by atoms with Gasteiger partial charge in [0.1, 0.15) is 22.6 Å². The number of carbonyl (C=O) groups excluding carboxylic acids is 3. The molecule has 26 heavy (non-hydrogen) atoms. The van der Waals surface area contributed by atoms with Gasteiger partial charge in [-0.2, -0.15) is 0 Å². The average Bonchev–Trinajstić information content (AvgIpc) is 2.54. The maximum Gasteiger partial charge on any atom is 0.407 e. The van der Waals surface area contributed by atoms with Gasteiger partial charge in [-0.1, -0.05) is 6.07 Å². The Morgan fingerprint density at radius 2 is 1.96 bits per heavy atom. The lowest BCUT2D eigenvalue weighted by atomic mass is 10.1. The van der Waals surface area contributed by atoms with Crippen LogP contribution in [0.3, 0.4) is 0 Å². The third-order valence-electron chi connectivity index (χ3n) is 2.89. The van der Waals surface area contributed by atoms with Crippen molar-refractivity contribution in [2.45, 2.75) is 45.3 Å². The van der Waals surface area contributed by atoms with Crippen molar-refractivity contribution < 1.29 is 23.5 Å². The van der Waals surface area contributed by atoms with E-state index in [1.807, 2.05) is 0 Å². The van der Waals surface area contributed by atoms with Crippen molar-refractivity contribution in [1.82, 2.24) is 21.2 Å². The summed E-state index contributed by atoms with van der Waals surface area (Å²) in [5.74, 6) is -1.12. The Morgan fingerprint density at radius 3 is 2.54 bits per heavy atom. The molecule has 3 amide bonds. The lowest BCUT2D eigenvalue weighted by Crippen LogP contribution is -2.44. The molecule has 0 unspecified atom stereocenters. The van der Waals surface area contributed by atoms with Crippen molar-refractivity contribution in [1.29, 1.82) is 0 Å². The van der Waals surface area contributed by atoms with Gasteiger partial charge in [-0.05, 0) is 55.3 Å². The zero-order chi connectivity index (χ0) is 19.7. The van der Waals surface area contributed by atoms with Crippen LogP contribution >= 0.6 is 15.9 Å². The first-order valence-electron chi connectivity index (χ1n) is 7.88. The first-order chi connectivity index (χ1) is 12.1. The molecule has 0 saturated heterocycles. The van der Waals surface area contributed by atoms with Crippen molar-refractivity contribution in [2.24, 2.45) is 0 Å². The van der Waals surface area contributed by atoms with E-state index in [9.17, 15) is 18.8 Å². The Kier molecular flexibility index (Phi) is 8.43. The summed E-state index contributed by atoms with van der Waals surface area (Å²) < 4.78 is 18.5. The number of ether oxygens (including phenoxy) is 1. The first kappa shape index (κ1) is 21.8. The number of amides is 3. The number of pyridine rings is 1. The van der Waals surface area contributed by atoms with Gasteiger partial charge < -0.3 is 10.1 Å². The number of carbonyl (C=O) groups is 3. The number of aromatic nitrogens is 1. The SMILES string of the molecule is CC(C)(C)OC(=O)N[C@@H](CF)CCC(=O)NNC(=O)c1cccc(Br)n1. The topological polar surface area (TPSA) is 109 Å². The summed E-state index contributed by atoms with van der Waals surface area (Å²) in [4.78, 5) is 39.1. The molecule has 3 N–H and O–H groups in total. The summed E-state index contributed by atoms with van der Waals surface area (Å²) in [5.41, 5.74) is 3.84. The Balaban J connectivity index is 2.37. The van der Waals surface area contributed by atoms with Gasteiger partial charge in [0.25, 0.3) is 5.91 Å². The molecule has 0 radical (unpaired) electrons. The standard InChI is InChI=1S/C16H22BrFN4O4/c1-16(2,3)26-15(25)19-10(9-18)7-8-13(23)21-22-14(24)11-5-4-6-12(17)20-11/h4-6,10H,7-9H2,1-3H3,(H,19,25)(H,21,23)(H,22,24)/t10-/m1/s1. The van der Waals surface area contributed by atoms with Gasteiger partial charge in [-0.15, -0.1) is 0 Å². The molecule has 0 spiro atoms. The maximum atomic E-state index is 13.0. The fraction of sp³-hybridized carbons (Fsp3) is 0.500. The van der Waals surface area contributed by atoms with Gasteiger partial charge >= 0.3 is 6.09 Å². The Hall–Kier alpha value is -2.23. The molecule has 0 fully saturated rings. The second-order valence-corrected chi connectivity index (χ2v) is 7.20. The van der Waals surface area contributed by atoms with Crippen LogP contribution in [0.25, 0.3) is 0 Å². The molecule has 8 nitrogen and oxygen atoms in total. The van der Waals surface area contributed by atoms with Crippen LogP contribution in [-0.4, -0.2) is 41.2 Å². The number of halogens is 2. The second kappa shape index (κ2) is 10.0. The van der Waals surface area contributed by atoms with E-state index in [0.29, 0.717) is 4.60 Å². The van der Waals surface area contributed by atoms with Gasteiger partial charge in [-0.3, -0.25) is 20.4 Å². The van der Waals surface area contributed by atoms with Crippen LogP contribution < -0.4 is 16.2 Å². The minimum absolute atomic E-state index is 0.0482. The Bertz CT molecular complexity index is 651. The number of hydrogen-bond donors (Lipinski definition) is 3. The fourth-order valence-electron chi connectivity index (χ4n) is 1.76. The maximum absolute atomic E-state index is 13.0. The van der Waals surface area contributed by atoms with Crippen molar-refractivity contribution in [2.75, 3.05) is 6.67 Å². The van der Waals surface area contributed by atoms with E-state index in [2.05, 4.69) is 37.1 Å². The highest BCUT2D eigenvalue weighted by atomic mass is 79.9. The average molecular weight is 433 g/mol. The molecule has 10 heteroatoms. The van der Waals surface area contributed by atoms with Crippen molar-refractivity contribution >= 4 is 33.8 Å². The molecule has 0 saturated carbocycles. The van der Waals surface area contributed by atoms with Gasteiger partial charge in [0.2, 0.25) is 5.91 Å². The molecule has 0 aliphatic rings. The summed E-state index contributed by atoms with van der Waals surface area (Å²) in [6.45, 7) is 4.22. The summed E-state index contributed by atoms with van der Waals surface area (Å²) in [5, 5.41) is 2.36. The van der Waals surface area contributed by atoms with E-state index in [1.54, 1.807) is 32.9 Å². The molecule has 1 rings (SSSR count). The minimum atomic E-state index is -0.863. The van der Waals surface area contributed by atoms with Crippen LogP contribution in [0.4, 0.5) is 9.18 Å². The number of hydrazine groups is 1. The predicted octanol–water partition coefficient (Wildman–Crippen LogP) is 2.25. The molecular weight excluding hydrogens is 411 g/mol. The lowest BCUT2D eigenvalue weighted by molar-refractivity contribution is -0.122. The molecule has 0 aromatic carbocycles. The zero-order valence-electron chi connectivity index (χ0n) is 14.8. The van der Waals surface area contributed by atoms with Crippen LogP contribution in [0.5, 0.6) is 0 Å². The normalized spacial score (nSPS) is 12.0. The molecule has 144 valence electrons. The second-order valence-electron chi connectivity index (χ2n) is 6.38. The lowest BCUT2D eigenvalue weighted by Gasteiger charge is -2.22. The van der Waals surface area contributed by atoms with Crippen LogP contribution in [0.15, 0.2) is 22.8 Å². The van der Waals surface area contributed by atoms with Gasteiger partial charge in [0, 0.05) is 6.42 Å². The molecular formula is C16H22BrFN4O4. The number of nitrogens with zero attached hydrogens (tertiary/aromatic N) is 1. The highest BCUT2D eigenvalue weighted by molar-refractivity contribution is 9.10. The van der Waals surface area contributed by atoms with Gasteiger partial charge in [-0.25, -0.2) is 14.2 Å². The molecule has 1 aromatic heterocycles. The molecule has 0 bridgehead atoms. The van der Waals surface area contributed by atoms with E-state index in [-0.39, 0.29) is 18.5 Å². The van der Waals surface area contributed by atoms with Crippen molar-refractivity contribution in [3.63, 3.8) is 0 Å². The predicted molar refractivity (Wildman–Crippen MR) is 95.9 cm³/mol. The monoisotopic (exact) mass is 432 g/mol. The Labute approximate surface area is 159 Å². The molecule has 1 atom stereocenters. The molecule has 0 aliphatic heterocycles. The van der Waals surface area contributed by atoms with Gasteiger partial charge in [0.05, 0.1) is 6.04 Å². The number of rotatable bonds is 6. The summed E-state index contributed by atoms with van der Waals surface area (Å²) in [6, 6.07) is 3.90. The summed E-state index contributed by atoms with van der Waals surface area (Å²) >= 11 is 3.14. The highest BCUT2D eigenvalue weighted by Crippen LogP contribution is 2.08. The van der Waals surface area contributed by atoms with Gasteiger partial charge in [0.15, 0.2) is 0 Å². The number of alkyl halides is 1. The number of nitrogens with one attached hydrogen (secondary N) is 3. The van der Waals surface area contributed by atoms with E-state index < -0.39 is 36.2 Å². The molecule has 1 heterocycles. The summed E-state index contributed by atoms with van der Waals surface area (Å²) in [7, 11) is 0. The van der Waals surface area contributed by atoms with Crippen LogP contribution in [-0.2, 0) is 9.53 Å². The van der Waals surface area contributed by atoms with E-state index in [1.165, 1.54) is 6.07 Å². The smallest absolute Gasteiger partial charge is 0.407 e. The number of alkyl carbamates (subject to hydrolysis) is 1. The molecule has 0 aliphatic carbocycles.